The second kappa shape index (κ2) is 5.86. The zero-order valence-corrected chi connectivity index (χ0v) is 19.2. The van der Waals surface area contributed by atoms with E-state index in [4.69, 9.17) is 0 Å². The summed E-state index contributed by atoms with van der Waals surface area (Å²) >= 11 is 8.92. The van der Waals surface area contributed by atoms with Gasteiger partial charge in [-0.1, -0.05) is 0 Å². The Morgan fingerprint density at radius 1 is 0.789 bits per heavy atom. The van der Waals surface area contributed by atoms with Gasteiger partial charge in [-0.15, -0.1) is 0 Å². The average Bonchev–Trinajstić information content (AvgIpc) is 3.06. The SMILES string of the molecule is [Se]=P([SeH])([Se]C1CC2CCC1C2)[Se]C1CC2CCC1C2. The van der Waals surface area contributed by atoms with Gasteiger partial charge in [0.15, 0.2) is 0 Å². The van der Waals surface area contributed by atoms with Gasteiger partial charge in [0, 0.05) is 0 Å². The molecule has 6 atom stereocenters. The summed E-state index contributed by atoms with van der Waals surface area (Å²) in [5.74, 6) is 4.63. The Labute approximate surface area is 144 Å². The first-order chi connectivity index (χ1) is 9.09. The molecule has 6 unspecified atom stereocenters. The summed E-state index contributed by atoms with van der Waals surface area (Å²) < 4.78 is -0.663. The molecule has 0 heterocycles. The fourth-order valence-corrected chi connectivity index (χ4v) is 40.3. The molecule has 0 N–H and O–H groups in total. The Bertz CT molecular complexity index is 378. The van der Waals surface area contributed by atoms with Crippen LogP contribution in [0.3, 0.4) is 0 Å². The van der Waals surface area contributed by atoms with Crippen molar-refractivity contribution in [1.82, 2.24) is 0 Å². The Balaban J connectivity index is 1.36. The van der Waals surface area contributed by atoms with Crippen LogP contribution in [0, 0.1) is 23.7 Å². The molecule has 0 spiro atoms. The van der Waals surface area contributed by atoms with Gasteiger partial charge in [0.1, 0.15) is 0 Å². The zero-order chi connectivity index (χ0) is 13.0. The number of rotatable bonds is 4. The molecule has 0 amide bonds. The van der Waals surface area contributed by atoms with Crippen molar-refractivity contribution in [3.63, 3.8) is 0 Å². The van der Waals surface area contributed by atoms with Crippen LogP contribution < -0.4 is 0 Å². The second-order valence-corrected chi connectivity index (χ2v) is 50.2. The summed E-state index contributed by atoms with van der Waals surface area (Å²) in [5.41, 5.74) is 0. The fraction of sp³-hybridized carbons (Fsp3) is 1.00. The minimum atomic E-state index is -0.663. The van der Waals surface area contributed by atoms with Crippen LogP contribution in [0.2, 0.25) is 9.63 Å². The van der Waals surface area contributed by atoms with Gasteiger partial charge in [-0.25, -0.2) is 0 Å². The van der Waals surface area contributed by atoms with Gasteiger partial charge in [-0.3, -0.25) is 0 Å². The van der Waals surface area contributed by atoms with E-state index in [1.54, 1.807) is 51.4 Å². The van der Waals surface area contributed by atoms with Crippen LogP contribution in [0.15, 0.2) is 0 Å². The minimum absolute atomic E-state index is 0.663. The normalized spacial score (nSPS) is 50.8. The van der Waals surface area contributed by atoms with Crippen molar-refractivity contribution in [2.75, 3.05) is 0 Å². The molecule has 0 saturated heterocycles. The predicted molar refractivity (Wildman–Crippen MR) is 89.7 cm³/mol. The molecule has 0 nitrogen and oxygen atoms in total. The van der Waals surface area contributed by atoms with E-state index < -0.39 is 1.58 Å². The second-order valence-electron chi connectivity index (χ2n) is 7.11. The van der Waals surface area contributed by atoms with E-state index in [1.807, 2.05) is 0 Å². The van der Waals surface area contributed by atoms with Gasteiger partial charge in [-0.05, 0) is 0 Å². The maximum atomic E-state index is 3.77. The molecule has 0 aromatic rings. The van der Waals surface area contributed by atoms with E-state index in [0.717, 1.165) is 52.7 Å². The molecule has 0 aromatic heterocycles. The van der Waals surface area contributed by atoms with Gasteiger partial charge in [0.2, 0.25) is 0 Å². The molecule has 5 heteroatoms. The van der Waals surface area contributed by atoms with E-state index >= 15 is 0 Å². The molecular formula is C14H23PSe4. The first-order valence-electron chi connectivity index (χ1n) is 7.78. The Kier molecular flexibility index (Phi) is 4.64. The third-order valence-corrected chi connectivity index (χ3v) is 33.6. The average molecular weight is 538 g/mol. The molecule has 4 rings (SSSR count). The van der Waals surface area contributed by atoms with E-state index in [2.05, 4.69) is 30.7 Å². The Morgan fingerprint density at radius 3 is 1.58 bits per heavy atom. The molecule has 4 fully saturated rings. The third-order valence-electron chi connectivity index (χ3n) is 5.88. The van der Waals surface area contributed by atoms with Crippen molar-refractivity contribution >= 4 is 61.3 Å². The predicted octanol–water partition coefficient (Wildman–Crippen LogP) is 3.36. The van der Waals surface area contributed by atoms with Crippen molar-refractivity contribution in [3.05, 3.63) is 0 Å². The molecular weight excluding hydrogens is 515 g/mol. The summed E-state index contributed by atoms with van der Waals surface area (Å²) in [6.07, 6.45) is 12.8. The van der Waals surface area contributed by atoms with Crippen LogP contribution >= 0.6 is 1.58 Å². The van der Waals surface area contributed by atoms with Crippen LogP contribution in [0.1, 0.15) is 51.4 Å². The van der Waals surface area contributed by atoms with Crippen LogP contribution in [-0.2, 0) is 0 Å². The van der Waals surface area contributed by atoms with Crippen LogP contribution in [0.5, 0.6) is 0 Å². The molecule has 108 valence electrons. The summed E-state index contributed by atoms with van der Waals surface area (Å²) in [4.78, 5) is 2.37. The molecule has 4 saturated carbocycles. The van der Waals surface area contributed by atoms with Gasteiger partial charge < -0.3 is 0 Å². The third kappa shape index (κ3) is 3.25. The van der Waals surface area contributed by atoms with Crippen molar-refractivity contribution < 1.29 is 0 Å². The van der Waals surface area contributed by atoms with Gasteiger partial charge in [0.25, 0.3) is 0 Å². The molecule has 0 aliphatic heterocycles. The molecule has 4 aliphatic carbocycles. The molecule has 4 bridgehead atoms. The molecule has 0 aromatic carbocycles. The van der Waals surface area contributed by atoms with Crippen LogP contribution in [0.4, 0.5) is 0 Å². The Hall–Kier alpha value is 2.51. The maximum absolute atomic E-state index is 3.77. The fourth-order valence-electron chi connectivity index (χ4n) is 5.00. The summed E-state index contributed by atoms with van der Waals surface area (Å²) in [6.45, 7) is 0. The quantitative estimate of drug-likeness (QED) is 0.381. The summed E-state index contributed by atoms with van der Waals surface area (Å²) in [5, 5.41) is 0. The van der Waals surface area contributed by atoms with E-state index in [0.29, 0.717) is 0 Å². The van der Waals surface area contributed by atoms with E-state index in [1.165, 1.54) is 9.63 Å². The van der Waals surface area contributed by atoms with E-state index in [9.17, 15) is 0 Å². The van der Waals surface area contributed by atoms with Gasteiger partial charge in [0.05, 0.1) is 0 Å². The molecule has 19 heavy (non-hydrogen) atoms. The van der Waals surface area contributed by atoms with Gasteiger partial charge in [-0.2, -0.15) is 0 Å². The number of hydrogen-bond acceptors (Lipinski definition) is 0. The first-order valence-corrected chi connectivity index (χ1v) is 20.7. The van der Waals surface area contributed by atoms with Crippen molar-refractivity contribution in [3.8, 4) is 0 Å². The molecule has 0 radical (unpaired) electrons. The van der Waals surface area contributed by atoms with Crippen LogP contribution in [0.25, 0.3) is 0 Å². The van der Waals surface area contributed by atoms with Gasteiger partial charge >= 0.3 is 146 Å². The first kappa shape index (κ1) is 15.1. The Morgan fingerprint density at radius 2 is 1.26 bits per heavy atom. The van der Waals surface area contributed by atoms with Crippen molar-refractivity contribution in [1.29, 1.82) is 0 Å². The van der Waals surface area contributed by atoms with E-state index in [-0.39, 0.29) is 0 Å². The monoisotopic (exact) mass is 542 g/mol. The zero-order valence-electron chi connectivity index (χ0n) is 11.2. The standard InChI is InChI=1S/C14H23PSe4/c16-15(17,18-13-7-9-1-3-11(13)5-9)19-14-8-10-2-4-12(14)6-10/h9-14H,1-8H2,(H,16,17). The number of hydrogen-bond donors (Lipinski definition) is 0. The van der Waals surface area contributed by atoms with Crippen molar-refractivity contribution in [2.45, 2.75) is 61.0 Å². The van der Waals surface area contributed by atoms with Crippen molar-refractivity contribution in [2.24, 2.45) is 23.7 Å². The van der Waals surface area contributed by atoms with Crippen LogP contribution in [-0.4, -0.2) is 59.7 Å². The summed E-state index contributed by atoms with van der Waals surface area (Å²) in [7, 11) is 0. The number of fused-ring (bicyclic) bond motifs is 4. The topological polar surface area (TPSA) is 0 Å². The molecule has 4 aliphatic rings. The summed E-state index contributed by atoms with van der Waals surface area (Å²) in [6, 6.07) is 0.